The highest BCUT2D eigenvalue weighted by atomic mass is 16.5. The highest BCUT2D eigenvalue weighted by Gasteiger charge is 2.23. The van der Waals surface area contributed by atoms with Crippen molar-refractivity contribution in [3.8, 4) is 17.6 Å². The maximum atomic E-state index is 12.6. The Morgan fingerprint density at radius 2 is 1.87 bits per heavy atom. The van der Waals surface area contributed by atoms with E-state index in [-0.39, 0.29) is 5.91 Å². The van der Waals surface area contributed by atoms with Gasteiger partial charge in [-0.2, -0.15) is 5.26 Å². The first kappa shape index (κ1) is 21.4. The Morgan fingerprint density at radius 3 is 2.57 bits per heavy atom. The average Bonchev–Trinajstić information content (AvgIpc) is 2.79. The third-order valence-electron chi connectivity index (χ3n) is 5.06. The van der Waals surface area contributed by atoms with Gasteiger partial charge in [-0.25, -0.2) is 9.97 Å². The van der Waals surface area contributed by atoms with Crippen LogP contribution >= 0.6 is 0 Å². The lowest BCUT2D eigenvalue weighted by Gasteiger charge is -2.32. The number of carbonyl (C=O) groups excluding carboxylic acids is 1. The first-order valence-electron chi connectivity index (χ1n) is 10.3. The molecule has 8 nitrogen and oxygen atoms in total. The number of nitriles is 1. The zero-order valence-electron chi connectivity index (χ0n) is 17.4. The summed E-state index contributed by atoms with van der Waals surface area (Å²) in [5.74, 6) is 2.12. The number of hydrogen-bond donors (Lipinski definition) is 1. The van der Waals surface area contributed by atoms with Gasteiger partial charge in [0, 0.05) is 37.6 Å². The standard InChI is InChI=1S/C22H27N5O3/c1-3-29-19-6-5-17(13-20(19)30-4-2)22(28)26-15-16-7-11-27(12-8-16)21-18(14-23)24-9-10-25-21/h5-6,9-10,13,16H,3-4,7-8,11-12,15H2,1-2H3,(H,26,28). The smallest absolute Gasteiger partial charge is 0.251 e. The van der Waals surface area contributed by atoms with Gasteiger partial charge in [-0.15, -0.1) is 0 Å². The quantitative estimate of drug-likeness (QED) is 0.715. The molecule has 0 radical (unpaired) electrons. The lowest BCUT2D eigenvalue weighted by Crippen LogP contribution is -2.39. The van der Waals surface area contributed by atoms with Crippen molar-refractivity contribution in [1.82, 2.24) is 15.3 Å². The maximum Gasteiger partial charge on any atom is 0.251 e. The number of nitrogens with one attached hydrogen (secondary N) is 1. The molecule has 1 aromatic carbocycles. The summed E-state index contributed by atoms with van der Waals surface area (Å²) in [7, 11) is 0. The molecule has 0 aliphatic carbocycles. The summed E-state index contributed by atoms with van der Waals surface area (Å²) in [5.41, 5.74) is 0.905. The van der Waals surface area contributed by atoms with Crippen molar-refractivity contribution in [2.45, 2.75) is 26.7 Å². The molecule has 2 heterocycles. The van der Waals surface area contributed by atoms with Gasteiger partial charge in [0.05, 0.1) is 13.2 Å². The Morgan fingerprint density at radius 1 is 1.17 bits per heavy atom. The number of benzene rings is 1. The van der Waals surface area contributed by atoms with E-state index in [1.54, 1.807) is 24.4 Å². The minimum atomic E-state index is -0.123. The predicted octanol–water partition coefficient (Wildman–Crippen LogP) is 2.79. The number of hydrogen-bond acceptors (Lipinski definition) is 7. The van der Waals surface area contributed by atoms with Crippen molar-refractivity contribution in [3.05, 3.63) is 41.9 Å². The summed E-state index contributed by atoms with van der Waals surface area (Å²) in [6.45, 7) is 7.02. The first-order chi connectivity index (χ1) is 14.7. The van der Waals surface area contributed by atoms with Crippen LogP contribution in [0, 0.1) is 17.2 Å². The van der Waals surface area contributed by atoms with Gasteiger partial charge >= 0.3 is 0 Å². The second kappa shape index (κ2) is 10.4. The molecule has 0 atom stereocenters. The zero-order valence-corrected chi connectivity index (χ0v) is 17.4. The summed E-state index contributed by atoms with van der Waals surface area (Å²) in [6.07, 6.45) is 4.96. The molecule has 1 saturated heterocycles. The fraction of sp³-hybridized carbons (Fsp3) is 0.455. The highest BCUT2D eigenvalue weighted by molar-refractivity contribution is 5.94. The molecule has 2 aromatic rings. The summed E-state index contributed by atoms with van der Waals surface area (Å²) in [4.78, 5) is 23.1. The van der Waals surface area contributed by atoms with Gasteiger partial charge in [0.2, 0.25) is 0 Å². The van der Waals surface area contributed by atoms with Crippen LogP contribution in [0.25, 0.3) is 0 Å². The molecule has 0 bridgehead atoms. The topological polar surface area (TPSA) is 100 Å². The van der Waals surface area contributed by atoms with E-state index in [4.69, 9.17) is 9.47 Å². The summed E-state index contributed by atoms with van der Waals surface area (Å²) < 4.78 is 11.2. The van der Waals surface area contributed by atoms with Crippen molar-refractivity contribution in [3.63, 3.8) is 0 Å². The van der Waals surface area contributed by atoms with Crippen LogP contribution in [0.2, 0.25) is 0 Å². The number of carbonyl (C=O) groups is 1. The Hall–Kier alpha value is -3.34. The molecule has 3 rings (SSSR count). The van der Waals surface area contributed by atoms with Crippen LogP contribution in [0.1, 0.15) is 42.7 Å². The third-order valence-corrected chi connectivity index (χ3v) is 5.06. The molecular weight excluding hydrogens is 382 g/mol. The van der Waals surface area contributed by atoms with Crippen LogP contribution in [0.3, 0.4) is 0 Å². The minimum Gasteiger partial charge on any atom is -0.490 e. The number of aromatic nitrogens is 2. The third kappa shape index (κ3) is 5.17. The number of amides is 1. The molecule has 1 aliphatic rings. The SMILES string of the molecule is CCOc1ccc(C(=O)NCC2CCN(c3nccnc3C#N)CC2)cc1OCC. The molecular formula is C22H27N5O3. The van der Waals surface area contributed by atoms with Crippen LogP contribution < -0.4 is 19.7 Å². The van der Waals surface area contributed by atoms with Gasteiger partial charge < -0.3 is 19.7 Å². The van der Waals surface area contributed by atoms with E-state index < -0.39 is 0 Å². The maximum absolute atomic E-state index is 12.6. The largest absolute Gasteiger partial charge is 0.490 e. The Kier molecular flexibility index (Phi) is 7.44. The van der Waals surface area contributed by atoms with Crippen molar-refractivity contribution in [2.75, 3.05) is 37.7 Å². The van der Waals surface area contributed by atoms with Crippen molar-refractivity contribution >= 4 is 11.7 Å². The molecule has 0 spiro atoms. The number of ether oxygens (including phenoxy) is 2. The minimum absolute atomic E-state index is 0.123. The van der Waals surface area contributed by atoms with Crippen LogP contribution in [0.4, 0.5) is 5.82 Å². The Labute approximate surface area is 176 Å². The van der Waals surface area contributed by atoms with Crippen molar-refractivity contribution in [1.29, 1.82) is 5.26 Å². The van der Waals surface area contributed by atoms with E-state index in [0.717, 1.165) is 25.9 Å². The first-order valence-corrected chi connectivity index (χ1v) is 10.3. The van der Waals surface area contributed by atoms with E-state index in [1.807, 2.05) is 13.8 Å². The fourth-order valence-corrected chi connectivity index (χ4v) is 3.52. The molecule has 0 saturated carbocycles. The summed E-state index contributed by atoms with van der Waals surface area (Å²) in [6, 6.07) is 7.35. The number of rotatable bonds is 8. The lowest BCUT2D eigenvalue weighted by atomic mass is 9.96. The van der Waals surface area contributed by atoms with Gasteiger partial charge in [0.15, 0.2) is 23.0 Å². The molecule has 1 aromatic heterocycles. The van der Waals surface area contributed by atoms with Gasteiger partial charge in [0.1, 0.15) is 6.07 Å². The van der Waals surface area contributed by atoms with Crippen LogP contribution in [-0.2, 0) is 0 Å². The van der Waals surface area contributed by atoms with E-state index in [0.29, 0.717) is 54.3 Å². The summed E-state index contributed by atoms with van der Waals surface area (Å²) >= 11 is 0. The highest BCUT2D eigenvalue weighted by Crippen LogP contribution is 2.28. The van der Waals surface area contributed by atoms with Crippen molar-refractivity contribution < 1.29 is 14.3 Å². The number of nitrogens with zero attached hydrogens (tertiary/aromatic N) is 4. The van der Waals surface area contributed by atoms with E-state index in [9.17, 15) is 10.1 Å². The van der Waals surface area contributed by atoms with Crippen molar-refractivity contribution in [2.24, 2.45) is 5.92 Å². The van der Waals surface area contributed by atoms with Crippen LogP contribution in [0.15, 0.2) is 30.6 Å². The molecule has 30 heavy (non-hydrogen) atoms. The number of piperidine rings is 1. The molecule has 8 heteroatoms. The molecule has 1 fully saturated rings. The molecule has 1 aliphatic heterocycles. The number of anilines is 1. The molecule has 1 N–H and O–H groups in total. The molecule has 0 unspecified atom stereocenters. The Balaban J connectivity index is 1.54. The van der Waals surface area contributed by atoms with Gasteiger partial charge in [-0.1, -0.05) is 0 Å². The summed E-state index contributed by atoms with van der Waals surface area (Å²) in [5, 5.41) is 12.2. The van der Waals surface area contributed by atoms with E-state index >= 15 is 0 Å². The second-order valence-corrected chi connectivity index (χ2v) is 7.01. The van der Waals surface area contributed by atoms with Crippen LogP contribution in [0.5, 0.6) is 11.5 Å². The fourth-order valence-electron chi connectivity index (χ4n) is 3.52. The van der Waals surface area contributed by atoms with Crippen LogP contribution in [-0.4, -0.2) is 48.7 Å². The van der Waals surface area contributed by atoms with Gasteiger partial charge in [0.25, 0.3) is 5.91 Å². The van der Waals surface area contributed by atoms with E-state index in [1.165, 1.54) is 6.20 Å². The van der Waals surface area contributed by atoms with Gasteiger partial charge in [-0.3, -0.25) is 4.79 Å². The average molecular weight is 409 g/mol. The zero-order chi connectivity index (χ0) is 21.3. The Bertz CT molecular complexity index is 904. The normalized spacial score (nSPS) is 14.1. The molecule has 1 amide bonds. The predicted molar refractivity (Wildman–Crippen MR) is 113 cm³/mol. The lowest BCUT2D eigenvalue weighted by molar-refractivity contribution is 0.0944. The monoisotopic (exact) mass is 409 g/mol. The van der Waals surface area contributed by atoms with Gasteiger partial charge in [-0.05, 0) is 50.8 Å². The molecule has 158 valence electrons. The van der Waals surface area contributed by atoms with E-state index in [2.05, 4.69) is 26.3 Å². The second-order valence-electron chi connectivity index (χ2n) is 7.01.